The zero-order chi connectivity index (χ0) is 25.8. The third kappa shape index (κ3) is 70.9. The zero-order valence-corrected chi connectivity index (χ0v) is 23.0. The molecule has 0 aromatic carbocycles. The molecule has 0 heterocycles. The van der Waals surface area contributed by atoms with Crippen LogP contribution in [0, 0.1) is 11.8 Å². The van der Waals surface area contributed by atoms with Crippen LogP contribution in [0.2, 0.25) is 0 Å². The Balaban J connectivity index is -0.0000000934. The highest BCUT2D eigenvalue weighted by molar-refractivity contribution is 4.68. The van der Waals surface area contributed by atoms with E-state index in [1.807, 2.05) is 34.6 Å². The van der Waals surface area contributed by atoms with E-state index in [9.17, 15) is 10.2 Å². The van der Waals surface area contributed by atoms with Crippen molar-refractivity contribution in [1.29, 1.82) is 0 Å². The van der Waals surface area contributed by atoms with Crippen LogP contribution in [0.3, 0.4) is 0 Å². The molecule has 0 amide bonds. The predicted molar refractivity (Wildman–Crippen MR) is 136 cm³/mol. The van der Waals surface area contributed by atoms with Crippen molar-refractivity contribution >= 4 is 0 Å². The van der Waals surface area contributed by atoms with Crippen LogP contribution in [0.25, 0.3) is 0 Å². The van der Waals surface area contributed by atoms with Gasteiger partial charge < -0.3 is 20.4 Å². The molecule has 0 aliphatic rings. The molecule has 0 aliphatic heterocycles. The second-order valence-corrected chi connectivity index (χ2v) is 10.3. The standard InChI is InChI=1S/2C8H18O.C5H12O.C3H8O.C2H4/c2*1-5-7(2)6-8(3,4)9;1-4-5(2,3)6;1-3(2)4;1-2/h2*7,9H,5-6H2,1-4H3;6H,4H2,1-3H3;3-4H,1-2H3;1-2H2. The minimum atomic E-state index is -0.477. The third-order valence-electron chi connectivity index (χ3n) is 3.96. The Bertz CT molecular complexity index is 295. The molecule has 0 bridgehead atoms. The van der Waals surface area contributed by atoms with Crippen LogP contribution in [0.1, 0.15) is 122 Å². The van der Waals surface area contributed by atoms with Gasteiger partial charge in [0, 0.05) is 6.10 Å². The van der Waals surface area contributed by atoms with Crippen LogP contribution >= 0.6 is 0 Å². The van der Waals surface area contributed by atoms with E-state index in [2.05, 4.69) is 40.9 Å². The van der Waals surface area contributed by atoms with Gasteiger partial charge in [-0.2, -0.15) is 0 Å². The Labute approximate surface area is 190 Å². The van der Waals surface area contributed by atoms with Crippen molar-refractivity contribution < 1.29 is 20.4 Å². The van der Waals surface area contributed by atoms with E-state index in [-0.39, 0.29) is 6.10 Å². The summed E-state index contributed by atoms with van der Waals surface area (Å²) in [7, 11) is 0. The first-order valence-corrected chi connectivity index (χ1v) is 11.6. The summed E-state index contributed by atoms with van der Waals surface area (Å²) in [5.41, 5.74) is -1.41. The first-order chi connectivity index (χ1) is 13.2. The van der Waals surface area contributed by atoms with Crippen molar-refractivity contribution in [2.45, 2.75) is 145 Å². The summed E-state index contributed by atoms with van der Waals surface area (Å²) in [5, 5.41) is 35.5. The molecule has 4 heteroatoms. The first kappa shape index (κ1) is 40.0. The summed E-state index contributed by atoms with van der Waals surface area (Å²) in [6.45, 7) is 31.1. The van der Waals surface area contributed by atoms with Gasteiger partial charge in [-0.25, -0.2) is 0 Å². The molecule has 0 saturated heterocycles. The summed E-state index contributed by atoms with van der Waals surface area (Å²) >= 11 is 0. The van der Waals surface area contributed by atoms with Crippen molar-refractivity contribution in [3.8, 4) is 0 Å². The van der Waals surface area contributed by atoms with Crippen molar-refractivity contribution in [1.82, 2.24) is 0 Å². The van der Waals surface area contributed by atoms with Gasteiger partial charge in [-0.1, -0.05) is 47.5 Å². The second kappa shape index (κ2) is 21.8. The van der Waals surface area contributed by atoms with Crippen LogP contribution in [0.4, 0.5) is 0 Å². The molecule has 0 aromatic rings. The Morgan fingerprint density at radius 2 is 0.767 bits per heavy atom. The van der Waals surface area contributed by atoms with Gasteiger partial charge in [-0.05, 0) is 86.5 Å². The highest BCUT2D eigenvalue weighted by Crippen LogP contribution is 2.18. The van der Waals surface area contributed by atoms with Crippen molar-refractivity contribution in [2.24, 2.45) is 11.8 Å². The molecule has 0 spiro atoms. The van der Waals surface area contributed by atoms with Crippen LogP contribution in [0.15, 0.2) is 13.2 Å². The fraction of sp³-hybridized carbons (Fsp3) is 0.923. The van der Waals surface area contributed by atoms with Crippen LogP contribution in [-0.2, 0) is 0 Å². The van der Waals surface area contributed by atoms with Crippen molar-refractivity contribution in [2.75, 3.05) is 0 Å². The van der Waals surface area contributed by atoms with Crippen molar-refractivity contribution in [3.63, 3.8) is 0 Å². The first-order valence-electron chi connectivity index (χ1n) is 11.6. The monoisotopic (exact) mass is 436 g/mol. The smallest absolute Gasteiger partial charge is 0.0594 e. The molecule has 0 rings (SSSR count). The maximum Gasteiger partial charge on any atom is 0.0594 e. The lowest BCUT2D eigenvalue weighted by atomic mass is 9.93. The maximum absolute atomic E-state index is 9.32. The minimum absolute atomic E-state index is 0.167. The van der Waals surface area contributed by atoms with Gasteiger partial charge in [-0.3, -0.25) is 0 Å². The van der Waals surface area contributed by atoms with Crippen LogP contribution in [-0.4, -0.2) is 43.3 Å². The number of aliphatic hydroxyl groups excluding tert-OH is 1. The van der Waals surface area contributed by atoms with E-state index in [0.29, 0.717) is 11.8 Å². The molecule has 0 aromatic heterocycles. The molecule has 0 saturated carbocycles. The number of aliphatic hydroxyl groups is 4. The summed E-state index contributed by atoms with van der Waals surface area (Å²) in [6.07, 6.45) is 4.79. The molecular weight excluding hydrogens is 376 g/mol. The average Bonchev–Trinajstić information content (AvgIpc) is 2.53. The van der Waals surface area contributed by atoms with E-state index in [1.54, 1.807) is 27.7 Å². The largest absolute Gasteiger partial charge is 0.394 e. The molecule has 2 unspecified atom stereocenters. The zero-order valence-electron chi connectivity index (χ0n) is 23.0. The fourth-order valence-electron chi connectivity index (χ4n) is 1.99. The van der Waals surface area contributed by atoms with E-state index in [0.717, 1.165) is 32.1 Å². The summed E-state index contributed by atoms with van der Waals surface area (Å²) in [5.74, 6) is 1.29. The molecular formula is C26H60O4. The van der Waals surface area contributed by atoms with Gasteiger partial charge in [0.15, 0.2) is 0 Å². The highest BCUT2D eigenvalue weighted by Gasteiger charge is 2.15. The SMILES string of the molecule is C=C.CC(C)O.CCC(C)(C)O.CCC(C)CC(C)(C)O.CCC(C)CC(C)(C)O. The van der Waals surface area contributed by atoms with E-state index < -0.39 is 16.8 Å². The number of hydrogen-bond acceptors (Lipinski definition) is 4. The molecule has 4 N–H and O–H groups in total. The number of hydrogen-bond donors (Lipinski definition) is 4. The summed E-state index contributed by atoms with van der Waals surface area (Å²) in [6, 6.07) is 0. The number of rotatable bonds is 7. The van der Waals surface area contributed by atoms with Gasteiger partial charge in [0.05, 0.1) is 16.8 Å². The fourth-order valence-corrected chi connectivity index (χ4v) is 1.99. The van der Waals surface area contributed by atoms with Crippen LogP contribution in [0.5, 0.6) is 0 Å². The van der Waals surface area contributed by atoms with Crippen LogP contribution < -0.4 is 0 Å². The molecule has 4 nitrogen and oxygen atoms in total. The van der Waals surface area contributed by atoms with Gasteiger partial charge in [0.25, 0.3) is 0 Å². The lowest BCUT2D eigenvalue weighted by molar-refractivity contribution is 0.0540. The van der Waals surface area contributed by atoms with Gasteiger partial charge >= 0.3 is 0 Å². The molecule has 0 radical (unpaired) electrons. The Kier molecular flexibility index (Phi) is 29.1. The minimum Gasteiger partial charge on any atom is -0.394 e. The molecule has 0 fully saturated rings. The Morgan fingerprint density at radius 3 is 0.800 bits per heavy atom. The highest BCUT2D eigenvalue weighted by atomic mass is 16.3. The van der Waals surface area contributed by atoms with Gasteiger partial charge in [0.2, 0.25) is 0 Å². The average molecular weight is 437 g/mol. The molecule has 0 aliphatic carbocycles. The molecule has 188 valence electrons. The molecule has 2 atom stereocenters. The molecule has 30 heavy (non-hydrogen) atoms. The second-order valence-electron chi connectivity index (χ2n) is 10.3. The quantitative estimate of drug-likeness (QED) is 0.333. The van der Waals surface area contributed by atoms with E-state index in [1.165, 1.54) is 0 Å². The van der Waals surface area contributed by atoms with Gasteiger partial charge in [-0.15, -0.1) is 13.2 Å². The lowest BCUT2D eigenvalue weighted by Crippen LogP contribution is -2.21. The maximum atomic E-state index is 9.32. The Morgan fingerprint density at radius 1 is 0.600 bits per heavy atom. The Hall–Kier alpha value is -0.420. The predicted octanol–water partition coefficient (Wildman–Crippen LogP) is 6.74. The van der Waals surface area contributed by atoms with Gasteiger partial charge in [0.1, 0.15) is 0 Å². The summed E-state index contributed by atoms with van der Waals surface area (Å²) in [4.78, 5) is 0. The normalized spacial score (nSPS) is 13.1. The van der Waals surface area contributed by atoms with E-state index >= 15 is 0 Å². The van der Waals surface area contributed by atoms with E-state index in [4.69, 9.17) is 10.2 Å². The third-order valence-corrected chi connectivity index (χ3v) is 3.96. The van der Waals surface area contributed by atoms with Crippen molar-refractivity contribution in [3.05, 3.63) is 13.2 Å². The topological polar surface area (TPSA) is 80.9 Å². The lowest BCUT2D eigenvalue weighted by Gasteiger charge is -2.20. The summed E-state index contributed by atoms with van der Waals surface area (Å²) < 4.78 is 0.